The van der Waals surface area contributed by atoms with Gasteiger partial charge in [-0.15, -0.1) is 11.3 Å². The number of hydrogen-bond donors (Lipinski definition) is 2. The number of hydrogen-bond acceptors (Lipinski definition) is 8. The first kappa shape index (κ1) is 28.9. The number of thiazole rings is 1. The molecule has 0 aliphatic carbocycles. The molecule has 4 amide bonds. The quantitative estimate of drug-likeness (QED) is 0.250. The summed E-state index contributed by atoms with van der Waals surface area (Å²) < 4.78 is 5.13. The lowest BCUT2D eigenvalue weighted by Crippen LogP contribution is -2.50. The van der Waals surface area contributed by atoms with E-state index < -0.39 is 35.8 Å². The highest BCUT2D eigenvalue weighted by Gasteiger charge is 2.47. The summed E-state index contributed by atoms with van der Waals surface area (Å²) in [5.41, 5.74) is 2.60. The van der Waals surface area contributed by atoms with E-state index >= 15 is 0 Å². The summed E-state index contributed by atoms with van der Waals surface area (Å²) in [5.74, 6) is -1.75. The van der Waals surface area contributed by atoms with Crippen molar-refractivity contribution in [3.05, 3.63) is 76.8 Å². The molecule has 3 unspecified atom stereocenters. The van der Waals surface area contributed by atoms with Gasteiger partial charge in [-0.05, 0) is 23.3 Å². The Morgan fingerprint density at radius 3 is 2.50 bits per heavy atom. The third kappa shape index (κ3) is 6.21. The number of Topliss-reactive ketones (excluding diaryl/α,β-unsaturated/α-hetero) is 1. The van der Waals surface area contributed by atoms with E-state index in [1.54, 1.807) is 38.5 Å². The number of urea groups is 1. The van der Waals surface area contributed by atoms with E-state index in [4.69, 9.17) is 4.74 Å². The van der Waals surface area contributed by atoms with Crippen LogP contribution in [-0.4, -0.2) is 66.9 Å². The average molecular weight is 564 g/mol. The van der Waals surface area contributed by atoms with Crippen LogP contribution in [0.1, 0.15) is 53.8 Å². The van der Waals surface area contributed by atoms with Crippen LogP contribution in [0.2, 0.25) is 0 Å². The number of aromatic nitrogens is 1. The Morgan fingerprint density at radius 1 is 1.15 bits per heavy atom. The van der Waals surface area contributed by atoms with Gasteiger partial charge in [0.05, 0.1) is 6.61 Å². The molecule has 40 heavy (non-hydrogen) atoms. The fraction of sp³-hybridized carbons (Fsp3) is 0.345. The van der Waals surface area contributed by atoms with Crippen molar-refractivity contribution in [1.82, 2.24) is 15.2 Å². The summed E-state index contributed by atoms with van der Waals surface area (Å²) in [5, 5.41) is 7.29. The van der Waals surface area contributed by atoms with E-state index in [1.165, 1.54) is 0 Å². The van der Waals surface area contributed by atoms with Crippen LogP contribution >= 0.6 is 11.3 Å². The normalized spacial score (nSPS) is 16.4. The van der Waals surface area contributed by atoms with Crippen LogP contribution in [0.25, 0.3) is 0 Å². The van der Waals surface area contributed by atoms with Gasteiger partial charge in [0, 0.05) is 44.1 Å². The van der Waals surface area contributed by atoms with E-state index in [-0.39, 0.29) is 16.6 Å². The molecule has 0 radical (unpaired) electrons. The number of ketones is 1. The van der Waals surface area contributed by atoms with E-state index in [1.807, 2.05) is 54.4 Å². The van der Waals surface area contributed by atoms with Crippen LogP contribution in [0, 0.1) is 0 Å². The van der Waals surface area contributed by atoms with E-state index in [9.17, 15) is 19.2 Å². The standard InChI is InChI=1S/C29H33N5O5S/c1-5-23(35)22-17-40-28(30-22)32-26(36)25(18(2)19-9-7-6-8-10-19)34-27(37)24(31-29(34)38)20-11-13-21(14-12-20)33(3)15-16-39-4/h6-14,17-18,24-25H,5,15-16H2,1-4H3,(H,31,38)(H,30,32,36). The monoisotopic (exact) mass is 563 g/mol. The lowest BCUT2D eigenvalue weighted by molar-refractivity contribution is -0.134. The zero-order valence-electron chi connectivity index (χ0n) is 22.9. The number of rotatable bonds is 12. The molecule has 2 heterocycles. The number of carbonyl (C=O) groups is 4. The molecule has 1 saturated heterocycles. The number of benzene rings is 2. The fourth-order valence-corrected chi connectivity index (χ4v) is 5.31. The Balaban J connectivity index is 1.60. The van der Waals surface area contributed by atoms with Gasteiger partial charge in [0.25, 0.3) is 5.91 Å². The first-order valence-electron chi connectivity index (χ1n) is 13.0. The number of nitrogens with one attached hydrogen (secondary N) is 2. The molecule has 3 atom stereocenters. The second kappa shape index (κ2) is 12.8. The van der Waals surface area contributed by atoms with Crippen LogP contribution in [0.15, 0.2) is 60.0 Å². The molecule has 2 N–H and O–H groups in total. The third-order valence-corrected chi connectivity index (χ3v) is 7.71. The van der Waals surface area contributed by atoms with Crippen molar-refractivity contribution in [2.45, 2.75) is 38.3 Å². The number of likely N-dealkylation sites (N-methyl/N-ethyl adjacent to an activating group) is 1. The maximum Gasteiger partial charge on any atom is 0.325 e. The molecular weight excluding hydrogens is 530 g/mol. The van der Waals surface area contributed by atoms with Crippen LogP contribution in [0.5, 0.6) is 0 Å². The van der Waals surface area contributed by atoms with Crippen LogP contribution in [0.3, 0.4) is 0 Å². The van der Waals surface area contributed by atoms with Crippen molar-refractivity contribution in [2.75, 3.05) is 37.5 Å². The fourth-order valence-electron chi connectivity index (χ4n) is 4.59. The van der Waals surface area contributed by atoms with Gasteiger partial charge in [0.1, 0.15) is 17.8 Å². The van der Waals surface area contributed by atoms with Gasteiger partial charge in [-0.25, -0.2) is 14.7 Å². The molecular formula is C29H33N5O5S. The summed E-state index contributed by atoms with van der Waals surface area (Å²) in [4.78, 5) is 59.9. The van der Waals surface area contributed by atoms with E-state index in [2.05, 4.69) is 15.6 Å². The summed E-state index contributed by atoms with van der Waals surface area (Å²) in [6, 6.07) is 13.8. The lowest BCUT2D eigenvalue weighted by atomic mass is 9.91. The molecule has 10 nitrogen and oxygen atoms in total. The highest BCUT2D eigenvalue weighted by Crippen LogP contribution is 2.32. The van der Waals surface area contributed by atoms with Crippen molar-refractivity contribution >= 4 is 45.8 Å². The predicted molar refractivity (Wildman–Crippen MR) is 154 cm³/mol. The molecule has 1 aromatic heterocycles. The van der Waals surface area contributed by atoms with Crippen LogP contribution < -0.4 is 15.5 Å². The molecule has 1 aliphatic rings. The van der Waals surface area contributed by atoms with Crippen molar-refractivity contribution in [1.29, 1.82) is 0 Å². The molecule has 1 aliphatic heterocycles. The molecule has 0 bridgehead atoms. The minimum absolute atomic E-state index is 0.140. The minimum Gasteiger partial charge on any atom is -0.383 e. The number of amides is 4. The summed E-state index contributed by atoms with van der Waals surface area (Å²) in [6.07, 6.45) is 0.291. The smallest absolute Gasteiger partial charge is 0.325 e. The zero-order chi connectivity index (χ0) is 28.8. The number of imide groups is 1. The van der Waals surface area contributed by atoms with Crippen LogP contribution in [-0.2, 0) is 14.3 Å². The molecule has 0 spiro atoms. The van der Waals surface area contributed by atoms with Gasteiger partial charge in [-0.2, -0.15) is 0 Å². The van der Waals surface area contributed by atoms with Gasteiger partial charge in [-0.1, -0.05) is 56.3 Å². The SMILES string of the molecule is CCC(=O)c1csc(NC(=O)C(C(C)c2ccccc2)N2C(=O)NC(c3ccc(N(C)CCOC)cc3)C2=O)n1. The summed E-state index contributed by atoms with van der Waals surface area (Å²) in [6.45, 7) is 4.81. The third-order valence-electron chi connectivity index (χ3n) is 6.96. The maximum absolute atomic E-state index is 13.7. The van der Waals surface area contributed by atoms with Gasteiger partial charge in [0.2, 0.25) is 5.91 Å². The predicted octanol–water partition coefficient (Wildman–Crippen LogP) is 4.22. The molecule has 11 heteroatoms. The van der Waals surface area contributed by atoms with Gasteiger partial charge in [0.15, 0.2) is 10.9 Å². The number of ether oxygens (including phenoxy) is 1. The lowest BCUT2D eigenvalue weighted by Gasteiger charge is -2.29. The Bertz CT molecular complexity index is 1360. The second-order valence-electron chi connectivity index (χ2n) is 9.54. The molecule has 0 saturated carbocycles. The molecule has 1 fully saturated rings. The first-order valence-corrected chi connectivity index (χ1v) is 13.9. The zero-order valence-corrected chi connectivity index (χ0v) is 23.7. The van der Waals surface area contributed by atoms with Crippen molar-refractivity contribution in [2.24, 2.45) is 0 Å². The second-order valence-corrected chi connectivity index (χ2v) is 10.4. The Labute approximate surface area is 237 Å². The Kier molecular flexibility index (Phi) is 9.28. The maximum atomic E-state index is 13.7. The number of methoxy groups -OCH3 is 1. The van der Waals surface area contributed by atoms with Gasteiger partial charge >= 0.3 is 6.03 Å². The highest BCUT2D eigenvalue weighted by molar-refractivity contribution is 7.14. The Hall–Kier alpha value is -4.09. The minimum atomic E-state index is -1.16. The Morgan fingerprint density at radius 2 is 1.85 bits per heavy atom. The van der Waals surface area contributed by atoms with Crippen molar-refractivity contribution in [3.8, 4) is 0 Å². The van der Waals surface area contributed by atoms with Crippen LogP contribution in [0.4, 0.5) is 15.6 Å². The van der Waals surface area contributed by atoms with E-state index in [0.717, 1.165) is 27.5 Å². The summed E-state index contributed by atoms with van der Waals surface area (Å²) >= 11 is 1.12. The highest BCUT2D eigenvalue weighted by atomic mass is 32.1. The number of anilines is 2. The van der Waals surface area contributed by atoms with Crippen molar-refractivity contribution < 1.29 is 23.9 Å². The molecule has 3 aromatic rings. The summed E-state index contributed by atoms with van der Waals surface area (Å²) in [7, 11) is 3.58. The molecule has 2 aromatic carbocycles. The number of carbonyl (C=O) groups excluding carboxylic acids is 4. The first-order chi connectivity index (χ1) is 19.2. The number of nitrogens with zero attached hydrogens (tertiary/aromatic N) is 3. The molecule has 210 valence electrons. The van der Waals surface area contributed by atoms with Gasteiger partial charge < -0.3 is 20.3 Å². The largest absolute Gasteiger partial charge is 0.383 e. The van der Waals surface area contributed by atoms with Crippen molar-refractivity contribution in [3.63, 3.8) is 0 Å². The average Bonchev–Trinajstić information content (AvgIpc) is 3.56. The topological polar surface area (TPSA) is 121 Å². The van der Waals surface area contributed by atoms with E-state index in [0.29, 0.717) is 25.1 Å². The van der Waals surface area contributed by atoms with Gasteiger partial charge in [-0.3, -0.25) is 14.4 Å². The molecule has 4 rings (SSSR count).